The minimum absolute atomic E-state index is 0.673. The average Bonchev–Trinajstić information content (AvgIpc) is 2.84. The van der Waals surface area contributed by atoms with E-state index in [2.05, 4.69) is 29.0 Å². The Labute approximate surface area is 116 Å². The Morgan fingerprint density at radius 3 is 2.72 bits per heavy atom. The summed E-state index contributed by atoms with van der Waals surface area (Å²) in [7, 11) is -0.673. The van der Waals surface area contributed by atoms with Crippen LogP contribution in [0.1, 0.15) is 25.6 Å². The van der Waals surface area contributed by atoms with Crippen molar-refractivity contribution in [1.82, 2.24) is 10.3 Å². The standard InChI is InChI=1S/C12H23N3OS2/c1-4-15(5-2)12-14-10-11(17-12)9-13-7-8-18(16)6-3/h10,13H,4-9H2,1-3H3. The van der Waals surface area contributed by atoms with Gasteiger partial charge in [0.15, 0.2) is 5.13 Å². The van der Waals surface area contributed by atoms with Crippen LogP contribution in [0.2, 0.25) is 0 Å². The van der Waals surface area contributed by atoms with E-state index < -0.39 is 10.8 Å². The second kappa shape index (κ2) is 8.61. The van der Waals surface area contributed by atoms with Crippen LogP contribution >= 0.6 is 11.3 Å². The molecule has 0 aliphatic heterocycles. The molecule has 0 aliphatic carbocycles. The smallest absolute Gasteiger partial charge is 0.185 e. The molecule has 104 valence electrons. The minimum Gasteiger partial charge on any atom is -0.349 e. The zero-order valence-corrected chi connectivity index (χ0v) is 13.1. The molecule has 6 heteroatoms. The van der Waals surface area contributed by atoms with Crippen LogP contribution in [0.25, 0.3) is 0 Å². The van der Waals surface area contributed by atoms with Gasteiger partial charge in [-0.1, -0.05) is 6.92 Å². The van der Waals surface area contributed by atoms with Crippen LogP contribution in [0.3, 0.4) is 0 Å². The molecule has 0 saturated carbocycles. The van der Waals surface area contributed by atoms with Crippen LogP contribution in [-0.4, -0.2) is 40.3 Å². The van der Waals surface area contributed by atoms with E-state index in [1.165, 1.54) is 4.88 Å². The average molecular weight is 289 g/mol. The number of aromatic nitrogens is 1. The van der Waals surface area contributed by atoms with Gasteiger partial charge in [-0.15, -0.1) is 11.3 Å². The molecule has 0 radical (unpaired) electrons. The summed E-state index contributed by atoms with van der Waals surface area (Å²) in [6, 6.07) is 0. The quantitative estimate of drug-likeness (QED) is 0.705. The Morgan fingerprint density at radius 2 is 2.11 bits per heavy atom. The van der Waals surface area contributed by atoms with Crippen molar-refractivity contribution in [2.75, 3.05) is 36.0 Å². The van der Waals surface area contributed by atoms with Gasteiger partial charge in [0.05, 0.1) is 0 Å². The van der Waals surface area contributed by atoms with Crippen molar-refractivity contribution in [3.63, 3.8) is 0 Å². The van der Waals surface area contributed by atoms with Crippen molar-refractivity contribution in [3.8, 4) is 0 Å². The molecule has 4 nitrogen and oxygen atoms in total. The highest BCUT2D eigenvalue weighted by atomic mass is 32.2. The lowest BCUT2D eigenvalue weighted by molar-refractivity contribution is 0.675. The number of nitrogens with zero attached hydrogens (tertiary/aromatic N) is 2. The third-order valence-corrected chi connectivity index (χ3v) is 5.06. The summed E-state index contributed by atoms with van der Waals surface area (Å²) < 4.78 is 11.2. The summed E-state index contributed by atoms with van der Waals surface area (Å²) in [5.41, 5.74) is 0. The Morgan fingerprint density at radius 1 is 1.39 bits per heavy atom. The largest absolute Gasteiger partial charge is 0.349 e. The fraction of sp³-hybridized carbons (Fsp3) is 0.750. The first-order chi connectivity index (χ1) is 8.71. The topological polar surface area (TPSA) is 45.2 Å². The zero-order chi connectivity index (χ0) is 13.4. The molecule has 0 spiro atoms. The second-order valence-corrected chi connectivity index (χ2v) is 6.85. The van der Waals surface area contributed by atoms with Crippen LogP contribution in [0.4, 0.5) is 5.13 Å². The molecule has 1 unspecified atom stereocenters. The highest BCUT2D eigenvalue weighted by molar-refractivity contribution is 7.84. The molecule has 0 fully saturated rings. The van der Waals surface area contributed by atoms with Gasteiger partial charge < -0.3 is 10.2 Å². The highest BCUT2D eigenvalue weighted by Gasteiger charge is 2.07. The maximum absolute atomic E-state index is 11.2. The molecular weight excluding hydrogens is 266 g/mol. The summed E-state index contributed by atoms with van der Waals surface area (Å²) in [6.07, 6.45) is 1.93. The van der Waals surface area contributed by atoms with E-state index in [0.29, 0.717) is 0 Å². The van der Waals surface area contributed by atoms with Gasteiger partial charge in [-0.25, -0.2) is 4.98 Å². The predicted molar refractivity (Wildman–Crippen MR) is 80.9 cm³/mol. The van der Waals surface area contributed by atoms with Crippen molar-refractivity contribution in [2.24, 2.45) is 0 Å². The van der Waals surface area contributed by atoms with E-state index in [0.717, 1.165) is 42.8 Å². The van der Waals surface area contributed by atoms with Gasteiger partial charge in [-0.3, -0.25) is 4.21 Å². The summed E-state index contributed by atoms with van der Waals surface area (Å²) >= 11 is 1.73. The highest BCUT2D eigenvalue weighted by Crippen LogP contribution is 2.21. The molecule has 0 aromatic carbocycles. The van der Waals surface area contributed by atoms with E-state index in [1.807, 2.05) is 13.1 Å². The van der Waals surface area contributed by atoms with Gasteiger partial charge in [0.25, 0.3) is 0 Å². The Bertz CT molecular complexity index is 364. The molecule has 1 N–H and O–H groups in total. The SMILES string of the molecule is CCN(CC)c1ncc(CNCCS(=O)CC)s1. The third kappa shape index (κ3) is 5.04. The lowest BCUT2D eigenvalue weighted by Crippen LogP contribution is -2.21. The van der Waals surface area contributed by atoms with Crippen molar-refractivity contribution < 1.29 is 4.21 Å². The molecular formula is C12H23N3OS2. The van der Waals surface area contributed by atoms with Crippen LogP contribution in [0.5, 0.6) is 0 Å². The number of hydrogen-bond donors (Lipinski definition) is 1. The summed E-state index contributed by atoms with van der Waals surface area (Å²) in [6.45, 7) is 9.85. The van der Waals surface area contributed by atoms with E-state index in [4.69, 9.17) is 0 Å². The van der Waals surface area contributed by atoms with Gasteiger partial charge in [0, 0.05) is 59.6 Å². The van der Waals surface area contributed by atoms with Crippen molar-refractivity contribution in [2.45, 2.75) is 27.3 Å². The van der Waals surface area contributed by atoms with Crippen LogP contribution < -0.4 is 10.2 Å². The lowest BCUT2D eigenvalue weighted by Gasteiger charge is -2.16. The molecule has 1 rings (SSSR count). The van der Waals surface area contributed by atoms with Gasteiger partial charge in [0.2, 0.25) is 0 Å². The van der Waals surface area contributed by atoms with Crippen LogP contribution in [-0.2, 0) is 17.3 Å². The van der Waals surface area contributed by atoms with Gasteiger partial charge >= 0.3 is 0 Å². The zero-order valence-electron chi connectivity index (χ0n) is 11.4. The Balaban J connectivity index is 2.33. The maximum atomic E-state index is 11.2. The Kier molecular flexibility index (Phi) is 7.46. The van der Waals surface area contributed by atoms with Crippen molar-refractivity contribution >= 4 is 27.3 Å². The lowest BCUT2D eigenvalue weighted by atomic mass is 10.5. The number of thiazole rings is 1. The number of hydrogen-bond acceptors (Lipinski definition) is 5. The van der Waals surface area contributed by atoms with Gasteiger partial charge in [0.1, 0.15) is 0 Å². The molecule has 18 heavy (non-hydrogen) atoms. The fourth-order valence-electron chi connectivity index (χ4n) is 1.56. The number of rotatable bonds is 9. The molecule has 1 atom stereocenters. The van der Waals surface area contributed by atoms with Gasteiger partial charge in [-0.2, -0.15) is 0 Å². The molecule has 1 heterocycles. The number of nitrogens with one attached hydrogen (secondary N) is 1. The summed E-state index contributed by atoms with van der Waals surface area (Å²) in [4.78, 5) is 7.92. The fourth-order valence-corrected chi connectivity index (χ4v) is 3.23. The first kappa shape index (κ1) is 15.6. The summed E-state index contributed by atoms with van der Waals surface area (Å²) in [5, 5.41) is 4.41. The molecule has 0 amide bonds. The van der Waals surface area contributed by atoms with Gasteiger partial charge in [-0.05, 0) is 13.8 Å². The van der Waals surface area contributed by atoms with Crippen molar-refractivity contribution in [3.05, 3.63) is 11.1 Å². The molecule has 0 bridgehead atoms. The molecule has 0 saturated heterocycles. The molecule has 1 aromatic heterocycles. The van der Waals surface area contributed by atoms with E-state index in [9.17, 15) is 4.21 Å². The predicted octanol–water partition coefficient (Wildman–Crippen LogP) is 1.85. The second-order valence-electron chi connectivity index (χ2n) is 3.89. The van der Waals surface area contributed by atoms with Crippen LogP contribution in [0.15, 0.2) is 6.20 Å². The normalized spacial score (nSPS) is 12.6. The van der Waals surface area contributed by atoms with E-state index in [-0.39, 0.29) is 0 Å². The maximum Gasteiger partial charge on any atom is 0.185 e. The third-order valence-electron chi connectivity index (χ3n) is 2.70. The Hall–Kier alpha value is -0.460. The number of anilines is 1. The molecule has 1 aromatic rings. The monoisotopic (exact) mass is 289 g/mol. The summed E-state index contributed by atoms with van der Waals surface area (Å²) in [5.74, 6) is 1.48. The molecule has 0 aliphatic rings. The minimum atomic E-state index is -0.673. The van der Waals surface area contributed by atoms with E-state index in [1.54, 1.807) is 11.3 Å². The first-order valence-corrected chi connectivity index (χ1v) is 8.77. The van der Waals surface area contributed by atoms with Crippen molar-refractivity contribution in [1.29, 1.82) is 0 Å². The first-order valence-electron chi connectivity index (χ1n) is 6.46. The van der Waals surface area contributed by atoms with Crippen LogP contribution in [0, 0.1) is 0 Å². The van der Waals surface area contributed by atoms with E-state index >= 15 is 0 Å².